The summed E-state index contributed by atoms with van der Waals surface area (Å²) in [6, 6.07) is 0. The Hall–Kier alpha value is 0.0300. The fourth-order valence-corrected chi connectivity index (χ4v) is 0.553. The first-order valence-corrected chi connectivity index (χ1v) is 3.13. The van der Waals surface area contributed by atoms with Gasteiger partial charge >= 0.3 is 0 Å². The molecule has 0 aromatic heterocycles. The summed E-state index contributed by atoms with van der Waals surface area (Å²) in [6.07, 6.45) is -1.05. The zero-order valence-electron chi connectivity index (χ0n) is 6.01. The summed E-state index contributed by atoms with van der Waals surface area (Å²) >= 11 is 0. The number of aldehydes is 1. The molecule has 0 aliphatic rings. The van der Waals surface area contributed by atoms with Crippen molar-refractivity contribution in [2.75, 3.05) is 6.61 Å². The maximum absolute atomic E-state index is 9.76. The fraction of sp³-hybridized carbons (Fsp3) is 0.833. The van der Waals surface area contributed by atoms with Crippen LogP contribution < -0.4 is 0 Å². The molecule has 0 saturated carbocycles. The quantitative estimate of drug-likeness (QED) is 0.542. The van der Waals surface area contributed by atoms with Crippen molar-refractivity contribution >= 4 is 23.3 Å². The standard InChI is InChI=1S/C6H12O4.BrH/c7-3-1-2-5(9)6(10)4-8;/h3,5-6,8-10H,1-2,4H2;1H/t5-,6+;/m0./s1. The minimum atomic E-state index is -1.13. The van der Waals surface area contributed by atoms with Gasteiger partial charge in [0.25, 0.3) is 0 Å². The van der Waals surface area contributed by atoms with E-state index in [0.717, 1.165) is 0 Å². The van der Waals surface area contributed by atoms with Crippen LogP contribution in [0.4, 0.5) is 0 Å². The SMILES string of the molecule is Br.O=CCC[C@H](O)[C@H](O)CO. The Morgan fingerprint density at radius 3 is 2.18 bits per heavy atom. The topological polar surface area (TPSA) is 77.8 Å². The Morgan fingerprint density at radius 2 is 1.82 bits per heavy atom. The second-order valence-electron chi connectivity index (χ2n) is 2.06. The average Bonchev–Trinajstić information content (AvgIpc) is 1.98. The molecule has 68 valence electrons. The molecule has 0 fully saturated rings. The number of aliphatic hydroxyl groups is 3. The Bertz CT molecular complexity index is 98.6. The van der Waals surface area contributed by atoms with Crippen LogP contribution in [0.15, 0.2) is 0 Å². The van der Waals surface area contributed by atoms with Crippen LogP contribution in [0.25, 0.3) is 0 Å². The van der Waals surface area contributed by atoms with Crippen LogP contribution >= 0.6 is 17.0 Å². The van der Waals surface area contributed by atoms with Gasteiger partial charge in [0.15, 0.2) is 0 Å². The normalized spacial score (nSPS) is 14.8. The monoisotopic (exact) mass is 228 g/mol. The van der Waals surface area contributed by atoms with Crippen molar-refractivity contribution in [3.8, 4) is 0 Å². The molecule has 0 amide bonds. The molecule has 0 saturated heterocycles. The molecule has 0 aliphatic heterocycles. The molecule has 0 bridgehead atoms. The lowest BCUT2D eigenvalue weighted by Crippen LogP contribution is -2.29. The molecule has 4 nitrogen and oxygen atoms in total. The van der Waals surface area contributed by atoms with Crippen LogP contribution in [0.1, 0.15) is 12.8 Å². The van der Waals surface area contributed by atoms with Crippen molar-refractivity contribution in [1.82, 2.24) is 0 Å². The zero-order chi connectivity index (χ0) is 7.98. The van der Waals surface area contributed by atoms with E-state index in [1.54, 1.807) is 0 Å². The Balaban J connectivity index is 0. The van der Waals surface area contributed by atoms with Gasteiger partial charge in [0.2, 0.25) is 0 Å². The smallest absolute Gasteiger partial charge is 0.120 e. The summed E-state index contributed by atoms with van der Waals surface area (Å²) in [4.78, 5) is 9.76. The first-order chi connectivity index (χ1) is 4.72. The molecule has 0 rings (SSSR count). The highest BCUT2D eigenvalue weighted by molar-refractivity contribution is 8.93. The van der Waals surface area contributed by atoms with Gasteiger partial charge in [0, 0.05) is 6.42 Å². The molecule has 0 aliphatic carbocycles. The minimum Gasteiger partial charge on any atom is -0.394 e. The Kier molecular flexibility index (Phi) is 10.1. The van der Waals surface area contributed by atoms with E-state index < -0.39 is 18.8 Å². The van der Waals surface area contributed by atoms with Gasteiger partial charge < -0.3 is 20.1 Å². The molecule has 0 heterocycles. The number of carbonyl (C=O) groups excluding carboxylic acids is 1. The highest BCUT2D eigenvalue weighted by Gasteiger charge is 2.13. The van der Waals surface area contributed by atoms with E-state index in [9.17, 15) is 4.79 Å². The molecule has 11 heavy (non-hydrogen) atoms. The summed E-state index contributed by atoms with van der Waals surface area (Å²) in [5.74, 6) is 0. The molecule has 5 heteroatoms. The lowest BCUT2D eigenvalue weighted by Gasteiger charge is -2.13. The van der Waals surface area contributed by atoms with E-state index in [2.05, 4.69) is 0 Å². The molecule has 3 N–H and O–H groups in total. The maximum Gasteiger partial charge on any atom is 0.120 e. The van der Waals surface area contributed by atoms with Gasteiger partial charge in [-0.15, -0.1) is 17.0 Å². The van der Waals surface area contributed by atoms with E-state index in [4.69, 9.17) is 15.3 Å². The first kappa shape index (κ1) is 13.6. The first-order valence-electron chi connectivity index (χ1n) is 3.13. The van der Waals surface area contributed by atoms with Crippen molar-refractivity contribution < 1.29 is 20.1 Å². The number of aliphatic hydroxyl groups excluding tert-OH is 3. The van der Waals surface area contributed by atoms with Gasteiger partial charge in [-0.3, -0.25) is 0 Å². The number of carbonyl (C=O) groups is 1. The number of halogens is 1. The fourth-order valence-electron chi connectivity index (χ4n) is 0.553. The van der Waals surface area contributed by atoms with Crippen molar-refractivity contribution in [3.63, 3.8) is 0 Å². The summed E-state index contributed by atoms with van der Waals surface area (Å²) in [5.41, 5.74) is 0. The van der Waals surface area contributed by atoms with Crippen molar-refractivity contribution in [3.05, 3.63) is 0 Å². The zero-order valence-corrected chi connectivity index (χ0v) is 7.72. The third kappa shape index (κ3) is 6.43. The van der Waals surface area contributed by atoms with E-state index in [0.29, 0.717) is 6.29 Å². The van der Waals surface area contributed by atoms with Crippen LogP contribution in [0.3, 0.4) is 0 Å². The number of hydrogen-bond donors (Lipinski definition) is 3. The number of rotatable bonds is 5. The highest BCUT2D eigenvalue weighted by Crippen LogP contribution is 1.99. The third-order valence-electron chi connectivity index (χ3n) is 1.21. The van der Waals surface area contributed by atoms with Crippen LogP contribution in [0.5, 0.6) is 0 Å². The van der Waals surface area contributed by atoms with Crippen LogP contribution in [-0.2, 0) is 4.79 Å². The van der Waals surface area contributed by atoms with Crippen LogP contribution in [0.2, 0.25) is 0 Å². The van der Waals surface area contributed by atoms with Crippen molar-refractivity contribution in [1.29, 1.82) is 0 Å². The van der Waals surface area contributed by atoms with Gasteiger partial charge in [-0.1, -0.05) is 0 Å². The summed E-state index contributed by atoms with van der Waals surface area (Å²) in [5, 5.41) is 25.9. The van der Waals surface area contributed by atoms with Gasteiger partial charge in [-0.2, -0.15) is 0 Å². The lowest BCUT2D eigenvalue weighted by molar-refractivity contribution is -0.108. The second-order valence-corrected chi connectivity index (χ2v) is 2.06. The van der Waals surface area contributed by atoms with Crippen LogP contribution in [-0.4, -0.2) is 40.4 Å². The van der Waals surface area contributed by atoms with E-state index in [1.807, 2.05) is 0 Å². The van der Waals surface area contributed by atoms with Gasteiger partial charge in [0.1, 0.15) is 12.4 Å². The van der Waals surface area contributed by atoms with Gasteiger partial charge in [0.05, 0.1) is 12.7 Å². The summed E-state index contributed by atoms with van der Waals surface area (Å²) < 4.78 is 0. The van der Waals surface area contributed by atoms with Gasteiger partial charge in [-0.25, -0.2) is 0 Å². The molecule has 2 atom stereocenters. The summed E-state index contributed by atoms with van der Waals surface area (Å²) in [7, 11) is 0. The molecule has 0 aromatic carbocycles. The van der Waals surface area contributed by atoms with E-state index in [1.165, 1.54) is 0 Å². The Morgan fingerprint density at radius 1 is 1.27 bits per heavy atom. The highest BCUT2D eigenvalue weighted by atomic mass is 79.9. The largest absolute Gasteiger partial charge is 0.394 e. The van der Waals surface area contributed by atoms with E-state index in [-0.39, 0.29) is 29.8 Å². The minimum absolute atomic E-state index is 0. The van der Waals surface area contributed by atoms with Crippen LogP contribution in [0, 0.1) is 0 Å². The van der Waals surface area contributed by atoms with Gasteiger partial charge in [-0.05, 0) is 6.42 Å². The predicted octanol–water partition coefficient (Wildman–Crippen LogP) is -0.743. The molecule has 0 spiro atoms. The molecular formula is C6H13BrO4. The molecule has 0 aromatic rings. The molecule has 0 unspecified atom stereocenters. The lowest BCUT2D eigenvalue weighted by atomic mass is 10.1. The van der Waals surface area contributed by atoms with Crippen molar-refractivity contribution in [2.45, 2.75) is 25.0 Å². The Labute approximate surface area is 75.6 Å². The summed E-state index contributed by atoms with van der Waals surface area (Å²) in [6.45, 7) is -0.472. The second kappa shape index (κ2) is 8.13. The molecular weight excluding hydrogens is 216 g/mol. The molecule has 0 radical (unpaired) electrons. The predicted molar refractivity (Wildman–Crippen MR) is 44.7 cm³/mol. The third-order valence-corrected chi connectivity index (χ3v) is 1.21. The number of hydrogen-bond acceptors (Lipinski definition) is 4. The van der Waals surface area contributed by atoms with Crippen molar-refractivity contribution in [2.24, 2.45) is 0 Å². The average molecular weight is 229 g/mol. The van der Waals surface area contributed by atoms with E-state index >= 15 is 0 Å². The maximum atomic E-state index is 9.76.